The van der Waals surface area contributed by atoms with Crippen molar-refractivity contribution in [1.29, 1.82) is 0 Å². The van der Waals surface area contributed by atoms with Crippen molar-refractivity contribution in [1.82, 2.24) is 10.2 Å². The molecule has 0 bridgehead atoms. The number of halogens is 6. The summed E-state index contributed by atoms with van der Waals surface area (Å²) in [5.74, 6) is 0.198. The summed E-state index contributed by atoms with van der Waals surface area (Å²) in [7, 11) is 1.73. The molecule has 1 rings (SSSR count). The van der Waals surface area contributed by atoms with Crippen LogP contribution in [-0.4, -0.2) is 55.1 Å². The molecular weight excluding hydrogens is 330 g/mol. The fraction of sp³-hybridized carbons (Fsp3) is 0.923. The SMILES string of the molecule is CNC1(C(C)C)CCN(C(=O)OC(C(F)(F)F)C(F)(F)F)CC1. The molecule has 0 saturated carbocycles. The third kappa shape index (κ3) is 4.65. The molecule has 10 heteroatoms. The van der Waals surface area contributed by atoms with Gasteiger partial charge < -0.3 is 15.0 Å². The monoisotopic (exact) mass is 350 g/mol. The molecule has 0 aromatic carbocycles. The van der Waals surface area contributed by atoms with E-state index in [1.54, 1.807) is 7.05 Å². The van der Waals surface area contributed by atoms with Gasteiger partial charge >= 0.3 is 18.4 Å². The largest absolute Gasteiger partial charge is 0.434 e. The Balaban J connectivity index is 2.74. The Morgan fingerprint density at radius 2 is 1.52 bits per heavy atom. The van der Waals surface area contributed by atoms with Crippen molar-refractivity contribution in [3.05, 3.63) is 0 Å². The molecule has 0 aromatic rings. The first-order valence-electron chi connectivity index (χ1n) is 7.11. The number of amides is 1. The topological polar surface area (TPSA) is 41.6 Å². The van der Waals surface area contributed by atoms with Crippen molar-refractivity contribution in [2.45, 2.75) is 50.7 Å². The van der Waals surface area contributed by atoms with Gasteiger partial charge in [-0.3, -0.25) is 0 Å². The molecule has 0 radical (unpaired) electrons. The fourth-order valence-electron chi connectivity index (χ4n) is 2.70. The van der Waals surface area contributed by atoms with Crippen LogP contribution in [-0.2, 0) is 4.74 Å². The van der Waals surface area contributed by atoms with Gasteiger partial charge in [-0.1, -0.05) is 13.8 Å². The van der Waals surface area contributed by atoms with E-state index >= 15 is 0 Å². The molecule has 0 aliphatic carbocycles. The molecule has 0 spiro atoms. The molecule has 1 N–H and O–H groups in total. The Bertz CT molecular complexity index is 400. The Labute approximate surface area is 130 Å². The van der Waals surface area contributed by atoms with E-state index in [9.17, 15) is 31.1 Å². The Morgan fingerprint density at radius 1 is 1.09 bits per heavy atom. The van der Waals surface area contributed by atoms with Crippen molar-refractivity contribution in [3.8, 4) is 0 Å². The Hall–Kier alpha value is -1.19. The van der Waals surface area contributed by atoms with E-state index < -0.39 is 24.5 Å². The normalized spacial score (nSPS) is 19.3. The number of carbonyl (C=O) groups is 1. The second-order valence-corrected chi connectivity index (χ2v) is 5.89. The zero-order chi connectivity index (χ0) is 18.1. The van der Waals surface area contributed by atoms with Crippen LogP contribution in [0.3, 0.4) is 0 Å². The van der Waals surface area contributed by atoms with E-state index in [-0.39, 0.29) is 24.5 Å². The van der Waals surface area contributed by atoms with Gasteiger partial charge in [-0.2, -0.15) is 26.3 Å². The summed E-state index contributed by atoms with van der Waals surface area (Å²) in [6.07, 6.45) is -16.3. The minimum Gasteiger partial charge on any atom is -0.426 e. The van der Waals surface area contributed by atoms with E-state index in [0.29, 0.717) is 12.8 Å². The molecule has 1 saturated heterocycles. The lowest BCUT2D eigenvalue weighted by atomic mass is 9.78. The lowest BCUT2D eigenvalue weighted by molar-refractivity contribution is -0.308. The van der Waals surface area contributed by atoms with Gasteiger partial charge in [0.2, 0.25) is 0 Å². The number of hydrogen-bond acceptors (Lipinski definition) is 3. The number of nitrogens with one attached hydrogen (secondary N) is 1. The zero-order valence-electron chi connectivity index (χ0n) is 13.0. The van der Waals surface area contributed by atoms with Gasteiger partial charge in [-0.25, -0.2) is 4.79 Å². The first-order valence-corrected chi connectivity index (χ1v) is 7.11. The zero-order valence-corrected chi connectivity index (χ0v) is 13.0. The highest BCUT2D eigenvalue weighted by Gasteiger charge is 2.60. The van der Waals surface area contributed by atoms with Crippen molar-refractivity contribution in [2.24, 2.45) is 5.92 Å². The number of carbonyl (C=O) groups excluding carboxylic acids is 1. The fourth-order valence-corrected chi connectivity index (χ4v) is 2.70. The quantitative estimate of drug-likeness (QED) is 0.794. The van der Waals surface area contributed by atoms with Gasteiger partial charge in [0.05, 0.1) is 0 Å². The average Bonchev–Trinajstić information content (AvgIpc) is 2.41. The maximum absolute atomic E-state index is 12.4. The van der Waals surface area contributed by atoms with Gasteiger partial charge in [0.1, 0.15) is 0 Å². The molecule has 1 aliphatic rings. The van der Waals surface area contributed by atoms with Crippen LogP contribution in [0.4, 0.5) is 31.1 Å². The summed E-state index contributed by atoms with van der Waals surface area (Å²) >= 11 is 0. The van der Waals surface area contributed by atoms with Gasteiger partial charge in [-0.05, 0) is 25.8 Å². The van der Waals surface area contributed by atoms with Crippen LogP contribution in [0.1, 0.15) is 26.7 Å². The van der Waals surface area contributed by atoms with E-state index in [4.69, 9.17) is 0 Å². The number of alkyl halides is 6. The Kier molecular flexibility index (Phi) is 5.82. The van der Waals surface area contributed by atoms with Gasteiger partial charge in [0, 0.05) is 18.6 Å². The van der Waals surface area contributed by atoms with E-state index in [1.807, 2.05) is 13.8 Å². The van der Waals surface area contributed by atoms with Gasteiger partial charge in [0.15, 0.2) is 0 Å². The molecular formula is C13H20F6N2O2. The third-order valence-electron chi connectivity index (χ3n) is 4.33. The van der Waals surface area contributed by atoms with Crippen LogP contribution in [0.5, 0.6) is 0 Å². The van der Waals surface area contributed by atoms with Crippen LogP contribution in [0, 0.1) is 5.92 Å². The summed E-state index contributed by atoms with van der Waals surface area (Å²) < 4.78 is 78.1. The summed E-state index contributed by atoms with van der Waals surface area (Å²) in [5.41, 5.74) is -0.301. The minimum atomic E-state index is -5.70. The molecule has 1 fully saturated rings. The van der Waals surface area contributed by atoms with Crippen LogP contribution in [0.2, 0.25) is 0 Å². The molecule has 1 aliphatic heterocycles. The molecule has 0 atom stereocenters. The molecule has 1 heterocycles. The summed E-state index contributed by atoms with van der Waals surface area (Å²) in [6.45, 7) is 3.96. The van der Waals surface area contributed by atoms with Crippen molar-refractivity contribution in [3.63, 3.8) is 0 Å². The molecule has 1 amide bonds. The summed E-state index contributed by atoms with van der Waals surface area (Å²) in [4.78, 5) is 12.5. The van der Waals surface area contributed by atoms with Crippen LogP contribution < -0.4 is 5.32 Å². The summed E-state index contributed by atoms with van der Waals surface area (Å²) in [5, 5.41) is 3.13. The van der Waals surface area contributed by atoms with Gasteiger partial charge in [-0.15, -0.1) is 0 Å². The van der Waals surface area contributed by atoms with E-state index in [2.05, 4.69) is 10.1 Å². The van der Waals surface area contributed by atoms with E-state index in [1.165, 1.54) is 0 Å². The van der Waals surface area contributed by atoms with Crippen molar-refractivity contribution >= 4 is 6.09 Å². The Morgan fingerprint density at radius 3 is 1.83 bits per heavy atom. The lowest BCUT2D eigenvalue weighted by Crippen LogP contribution is -2.57. The highest BCUT2D eigenvalue weighted by molar-refractivity contribution is 5.68. The molecule has 4 nitrogen and oxygen atoms in total. The molecule has 0 aromatic heterocycles. The number of nitrogens with zero attached hydrogens (tertiary/aromatic N) is 1. The average molecular weight is 350 g/mol. The smallest absolute Gasteiger partial charge is 0.426 e. The number of hydrogen-bond donors (Lipinski definition) is 1. The van der Waals surface area contributed by atoms with E-state index in [0.717, 1.165) is 4.90 Å². The predicted molar refractivity (Wildman–Crippen MR) is 69.8 cm³/mol. The maximum atomic E-state index is 12.4. The van der Waals surface area contributed by atoms with Crippen LogP contribution in [0.25, 0.3) is 0 Å². The third-order valence-corrected chi connectivity index (χ3v) is 4.33. The number of piperidine rings is 1. The van der Waals surface area contributed by atoms with Crippen LogP contribution >= 0.6 is 0 Å². The molecule has 136 valence electrons. The molecule has 23 heavy (non-hydrogen) atoms. The van der Waals surface area contributed by atoms with Crippen molar-refractivity contribution in [2.75, 3.05) is 20.1 Å². The first-order chi connectivity index (χ1) is 10.3. The first kappa shape index (κ1) is 19.9. The number of rotatable bonds is 3. The van der Waals surface area contributed by atoms with Gasteiger partial charge in [0.25, 0.3) is 6.10 Å². The second-order valence-electron chi connectivity index (χ2n) is 5.89. The second kappa shape index (κ2) is 6.74. The highest BCUT2D eigenvalue weighted by Crippen LogP contribution is 2.36. The van der Waals surface area contributed by atoms with Crippen LogP contribution in [0.15, 0.2) is 0 Å². The van der Waals surface area contributed by atoms with Crippen molar-refractivity contribution < 1.29 is 35.9 Å². The number of ether oxygens (including phenoxy) is 1. The molecule has 0 unspecified atom stereocenters. The maximum Gasteiger partial charge on any atom is 0.434 e. The standard InChI is InChI=1S/C13H20F6N2O2/c1-8(2)11(20-3)4-6-21(7-5-11)10(22)23-9(12(14,15)16)13(17,18)19/h8-9,20H,4-7H2,1-3H3. The highest BCUT2D eigenvalue weighted by atomic mass is 19.4. The predicted octanol–water partition coefficient (Wildman–Crippen LogP) is 3.33. The summed E-state index contributed by atoms with van der Waals surface area (Å²) in [6, 6.07) is 0. The number of likely N-dealkylation sites (tertiary alicyclic amines) is 1. The minimum absolute atomic E-state index is 0.0281. The lowest BCUT2D eigenvalue weighted by Gasteiger charge is -2.44.